The average Bonchev–Trinajstić information content (AvgIpc) is 3.05. The number of aliphatic carboxylic acids is 1. The van der Waals surface area contributed by atoms with Crippen molar-refractivity contribution in [3.05, 3.63) is 23.2 Å². The Morgan fingerprint density at radius 2 is 1.96 bits per heavy atom. The number of ether oxygens (including phenoxy) is 1. The normalized spacial score (nSPS) is 19.4. The van der Waals surface area contributed by atoms with E-state index in [9.17, 15) is 14.7 Å². The van der Waals surface area contributed by atoms with Gasteiger partial charge >= 0.3 is 11.9 Å². The van der Waals surface area contributed by atoms with Crippen LogP contribution in [0.15, 0.2) is 23.2 Å². The van der Waals surface area contributed by atoms with Crippen LogP contribution < -0.4 is 4.74 Å². The first kappa shape index (κ1) is 18.8. The molecule has 1 aliphatic rings. The molecule has 6 nitrogen and oxygen atoms in total. The van der Waals surface area contributed by atoms with E-state index in [1.165, 1.54) is 23.1 Å². The van der Waals surface area contributed by atoms with Gasteiger partial charge in [-0.3, -0.25) is 9.79 Å². The molecule has 1 unspecified atom stereocenters. The number of rotatable bonds is 3. The molecule has 1 atom stereocenters. The average molecular weight is 393 g/mol. The number of thioether (sulfide) groups is 1. The Kier molecular flexibility index (Phi) is 4.60. The molecule has 0 saturated heterocycles. The SMILES string of the molecule is CC(C)(C)C(=O)Oc1ccc2nc(C3=NC(C(=O)O)C(C)(C)S3)sc2c1. The van der Waals surface area contributed by atoms with Gasteiger partial charge < -0.3 is 9.84 Å². The molecule has 0 spiro atoms. The molecule has 8 heteroatoms. The summed E-state index contributed by atoms with van der Waals surface area (Å²) in [6.07, 6.45) is 0. The highest BCUT2D eigenvalue weighted by Crippen LogP contribution is 2.41. The Labute approximate surface area is 159 Å². The van der Waals surface area contributed by atoms with Crippen LogP contribution in [-0.2, 0) is 9.59 Å². The fourth-order valence-electron chi connectivity index (χ4n) is 2.38. The van der Waals surface area contributed by atoms with E-state index in [4.69, 9.17) is 4.74 Å². The van der Waals surface area contributed by atoms with Crippen LogP contribution in [0, 0.1) is 5.41 Å². The fourth-order valence-corrected chi connectivity index (χ4v) is 4.57. The zero-order valence-corrected chi connectivity index (χ0v) is 16.8. The predicted octanol–water partition coefficient (Wildman–Crippen LogP) is 3.97. The summed E-state index contributed by atoms with van der Waals surface area (Å²) in [4.78, 5) is 32.4. The number of fused-ring (bicyclic) bond motifs is 1. The lowest BCUT2D eigenvalue weighted by atomic mass is 9.97. The highest BCUT2D eigenvalue weighted by molar-refractivity contribution is 8.16. The number of carboxylic acid groups (broad SMARTS) is 1. The van der Waals surface area contributed by atoms with Crippen molar-refractivity contribution in [1.29, 1.82) is 0 Å². The van der Waals surface area contributed by atoms with Crippen LogP contribution in [0.25, 0.3) is 10.2 Å². The van der Waals surface area contributed by atoms with Crippen molar-refractivity contribution in [3.63, 3.8) is 0 Å². The van der Waals surface area contributed by atoms with Crippen LogP contribution in [0.5, 0.6) is 5.75 Å². The smallest absolute Gasteiger partial charge is 0.329 e. The van der Waals surface area contributed by atoms with Crippen molar-refractivity contribution >= 4 is 50.3 Å². The molecule has 3 rings (SSSR count). The van der Waals surface area contributed by atoms with Crippen molar-refractivity contribution in [2.24, 2.45) is 10.4 Å². The lowest BCUT2D eigenvalue weighted by molar-refractivity contribution is -0.143. The minimum Gasteiger partial charge on any atom is -0.480 e. The van der Waals surface area contributed by atoms with Gasteiger partial charge in [0.15, 0.2) is 6.04 Å². The van der Waals surface area contributed by atoms with Gasteiger partial charge in [-0.05, 0) is 46.8 Å². The van der Waals surface area contributed by atoms with Gasteiger partial charge in [0.1, 0.15) is 15.8 Å². The van der Waals surface area contributed by atoms with Crippen LogP contribution in [-0.4, -0.2) is 37.9 Å². The van der Waals surface area contributed by atoms with E-state index in [2.05, 4.69) is 9.98 Å². The lowest BCUT2D eigenvalue weighted by Gasteiger charge is -2.19. The molecular weight excluding hydrogens is 372 g/mol. The minimum absolute atomic E-state index is 0.302. The van der Waals surface area contributed by atoms with E-state index >= 15 is 0 Å². The van der Waals surface area contributed by atoms with Gasteiger partial charge in [-0.1, -0.05) is 11.8 Å². The topological polar surface area (TPSA) is 88.9 Å². The van der Waals surface area contributed by atoms with Crippen LogP contribution in [0.2, 0.25) is 0 Å². The Morgan fingerprint density at radius 3 is 2.54 bits per heavy atom. The molecule has 0 radical (unpaired) electrons. The number of aliphatic imine (C=N–C) groups is 1. The third-order valence-electron chi connectivity index (χ3n) is 3.86. The lowest BCUT2D eigenvalue weighted by Crippen LogP contribution is -2.34. The third kappa shape index (κ3) is 3.61. The van der Waals surface area contributed by atoms with Gasteiger partial charge in [-0.2, -0.15) is 0 Å². The van der Waals surface area contributed by atoms with Gasteiger partial charge in [0.2, 0.25) is 0 Å². The number of benzene rings is 1. The molecule has 26 heavy (non-hydrogen) atoms. The van der Waals surface area contributed by atoms with Gasteiger partial charge in [0, 0.05) is 10.8 Å². The zero-order valence-electron chi connectivity index (χ0n) is 15.2. The van der Waals surface area contributed by atoms with Crippen molar-refractivity contribution in [2.75, 3.05) is 0 Å². The number of hydrogen-bond acceptors (Lipinski definition) is 7. The van der Waals surface area contributed by atoms with E-state index in [0.717, 1.165) is 10.2 Å². The maximum atomic E-state index is 12.0. The van der Waals surface area contributed by atoms with Gasteiger partial charge in [0.05, 0.1) is 15.6 Å². The van der Waals surface area contributed by atoms with Crippen molar-refractivity contribution < 1.29 is 19.4 Å². The van der Waals surface area contributed by atoms with Crippen molar-refractivity contribution in [3.8, 4) is 5.75 Å². The first-order chi connectivity index (χ1) is 12.0. The number of thiazole rings is 1. The second-order valence-corrected chi connectivity index (χ2v) is 10.3. The number of esters is 1. The zero-order chi connectivity index (χ0) is 19.3. The molecule has 138 valence electrons. The van der Waals surface area contributed by atoms with E-state index in [1.807, 2.05) is 13.8 Å². The van der Waals surface area contributed by atoms with E-state index in [-0.39, 0.29) is 5.97 Å². The maximum absolute atomic E-state index is 12.0. The molecule has 1 aromatic heterocycles. The number of carboxylic acids is 1. The van der Waals surface area contributed by atoms with Gasteiger partial charge in [-0.25, -0.2) is 9.78 Å². The highest BCUT2D eigenvalue weighted by Gasteiger charge is 2.43. The Balaban J connectivity index is 1.90. The molecule has 0 amide bonds. The molecule has 0 aliphatic carbocycles. The van der Waals surface area contributed by atoms with Crippen LogP contribution >= 0.6 is 23.1 Å². The van der Waals surface area contributed by atoms with E-state index in [1.54, 1.807) is 39.0 Å². The summed E-state index contributed by atoms with van der Waals surface area (Å²) >= 11 is 2.83. The molecule has 1 aliphatic heterocycles. The molecule has 0 saturated carbocycles. The first-order valence-corrected chi connectivity index (χ1v) is 9.73. The Morgan fingerprint density at radius 1 is 1.27 bits per heavy atom. The second-order valence-electron chi connectivity index (χ2n) is 7.67. The predicted molar refractivity (Wildman–Crippen MR) is 104 cm³/mol. The summed E-state index contributed by atoms with van der Waals surface area (Å²) in [5.41, 5.74) is 0.181. The number of nitrogens with zero attached hydrogens (tertiary/aromatic N) is 2. The highest BCUT2D eigenvalue weighted by atomic mass is 32.2. The number of carbonyl (C=O) groups excluding carboxylic acids is 1. The van der Waals surface area contributed by atoms with Crippen molar-refractivity contribution in [1.82, 2.24) is 4.98 Å². The number of hydrogen-bond donors (Lipinski definition) is 1. The van der Waals surface area contributed by atoms with E-state index < -0.39 is 22.2 Å². The largest absolute Gasteiger partial charge is 0.480 e. The molecule has 1 aromatic carbocycles. The molecule has 0 fully saturated rings. The maximum Gasteiger partial charge on any atom is 0.329 e. The molecule has 2 heterocycles. The van der Waals surface area contributed by atoms with Crippen LogP contribution in [0.4, 0.5) is 0 Å². The summed E-state index contributed by atoms with van der Waals surface area (Å²) < 4.78 is 5.77. The number of aromatic nitrogens is 1. The molecule has 0 bridgehead atoms. The van der Waals surface area contributed by atoms with Crippen LogP contribution in [0.3, 0.4) is 0 Å². The van der Waals surface area contributed by atoms with Crippen LogP contribution in [0.1, 0.15) is 39.6 Å². The molecule has 2 aromatic rings. The minimum atomic E-state index is -0.935. The summed E-state index contributed by atoms with van der Waals surface area (Å²) in [5.74, 6) is -0.768. The third-order valence-corrected chi connectivity index (χ3v) is 6.26. The summed E-state index contributed by atoms with van der Waals surface area (Å²) in [6, 6.07) is 4.49. The van der Waals surface area contributed by atoms with Gasteiger partial charge in [0.25, 0.3) is 0 Å². The quantitative estimate of drug-likeness (QED) is 0.628. The second kappa shape index (κ2) is 6.35. The van der Waals surface area contributed by atoms with E-state index in [0.29, 0.717) is 15.8 Å². The molecule has 1 N–H and O–H groups in total. The van der Waals surface area contributed by atoms with Gasteiger partial charge in [-0.15, -0.1) is 11.3 Å². The Bertz CT molecular complexity index is 925. The van der Waals surface area contributed by atoms with Crippen molar-refractivity contribution in [2.45, 2.75) is 45.4 Å². The number of carbonyl (C=O) groups is 2. The molecular formula is C18H20N2O4S2. The Hall–Kier alpha value is -1.93. The standard InChI is InChI=1S/C18H20N2O4S2/c1-17(2,3)16(23)24-9-6-7-10-11(8-9)25-13(19-10)14-20-12(15(21)22)18(4,5)26-14/h6-8,12H,1-5H3,(H,21,22). The summed E-state index contributed by atoms with van der Waals surface area (Å²) in [5, 5.41) is 10.7. The fraction of sp³-hybridized carbons (Fsp3) is 0.444. The first-order valence-electron chi connectivity index (χ1n) is 8.10. The summed E-state index contributed by atoms with van der Waals surface area (Å²) in [7, 11) is 0. The monoisotopic (exact) mass is 392 g/mol. The summed E-state index contributed by atoms with van der Waals surface area (Å²) in [6.45, 7) is 9.13.